The highest BCUT2D eigenvalue weighted by Gasteiger charge is 2.27. The zero-order valence-corrected chi connectivity index (χ0v) is 14.0. The van der Waals surface area contributed by atoms with Crippen LogP contribution in [-0.4, -0.2) is 30.5 Å². The van der Waals surface area contributed by atoms with Crippen molar-refractivity contribution in [3.05, 3.63) is 59.7 Å². The molecule has 0 spiro atoms. The Morgan fingerprint density at radius 1 is 1.36 bits per heavy atom. The van der Waals surface area contributed by atoms with E-state index in [0.29, 0.717) is 13.0 Å². The average Bonchev–Trinajstić information content (AvgIpc) is 3.13. The molecule has 3 rings (SSSR count). The molecule has 0 fully saturated rings. The van der Waals surface area contributed by atoms with Crippen LogP contribution in [0.5, 0.6) is 0 Å². The summed E-state index contributed by atoms with van der Waals surface area (Å²) in [6.45, 7) is 2.13. The quantitative estimate of drug-likeness (QED) is 0.559. The number of hydrogen-bond acceptors (Lipinski definition) is 6. The van der Waals surface area contributed by atoms with Crippen molar-refractivity contribution in [1.82, 2.24) is 5.43 Å². The third-order valence-electron chi connectivity index (χ3n) is 3.92. The molecule has 3 N–H and O–H groups in total. The summed E-state index contributed by atoms with van der Waals surface area (Å²) in [7, 11) is 0. The highest BCUT2D eigenvalue weighted by molar-refractivity contribution is 6.06. The van der Waals surface area contributed by atoms with Gasteiger partial charge in [0.15, 0.2) is 0 Å². The third kappa shape index (κ3) is 3.85. The molecular formula is C19H20N4O2. The van der Waals surface area contributed by atoms with Crippen LogP contribution >= 0.6 is 0 Å². The predicted molar refractivity (Wildman–Crippen MR) is 98.8 cm³/mol. The van der Waals surface area contributed by atoms with Crippen LogP contribution in [0.1, 0.15) is 24.5 Å². The van der Waals surface area contributed by atoms with Crippen LogP contribution in [0.3, 0.4) is 0 Å². The number of para-hydroxylation sites is 1. The monoisotopic (exact) mass is 336 g/mol. The first-order chi connectivity index (χ1) is 12.2. The Kier molecular flexibility index (Phi) is 5.09. The van der Waals surface area contributed by atoms with Gasteiger partial charge in [-0.05, 0) is 36.8 Å². The first-order valence-electron chi connectivity index (χ1n) is 8.17. The molecule has 0 aliphatic carbocycles. The van der Waals surface area contributed by atoms with Gasteiger partial charge in [0.1, 0.15) is 6.04 Å². The lowest BCUT2D eigenvalue weighted by Gasteiger charge is -2.11. The smallest absolute Gasteiger partial charge is 0.330 e. The van der Waals surface area contributed by atoms with Gasteiger partial charge in [-0.25, -0.2) is 4.79 Å². The van der Waals surface area contributed by atoms with Gasteiger partial charge in [0.25, 0.3) is 0 Å². The first kappa shape index (κ1) is 16.7. The lowest BCUT2D eigenvalue weighted by molar-refractivity contribution is -0.145. The fourth-order valence-corrected chi connectivity index (χ4v) is 2.65. The molecule has 1 atom stereocenters. The maximum Gasteiger partial charge on any atom is 0.330 e. The van der Waals surface area contributed by atoms with Crippen LogP contribution in [0.25, 0.3) is 0 Å². The fraction of sp³-hybridized carbons (Fsp3) is 0.211. The lowest BCUT2D eigenvalue weighted by atomic mass is 10.0. The summed E-state index contributed by atoms with van der Waals surface area (Å²) in [5.74, 6) is -0.295. The molecule has 6 heteroatoms. The Balaban J connectivity index is 1.76. The van der Waals surface area contributed by atoms with E-state index in [-0.39, 0.29) is 5.97 Å². The summed E-state index contributed by atoms with van der Waals surface area (Å²) >= 11 is 0. The van der Waals surface area contributed by atoms with Crippen LogP contribution in [0, 0.1) is 5.41 Å². The second-order valence-corrected chi connectivity index (χ2v) is 5.63. The summed E-state index contributed by atoms with van der Waals surface area (Å²) in [5, 5.41) is 15.2. The predicted octanol–water partition coefficient (Wildman–Crippen LogP) is 3.06. The van der Waals surface area contributed by atoms with Crippen LogP contribution < -0.4 is 10.7 Å². The number of hydrogen-bond donors (Lipinski definition) is 3. The van der Waals surface area contributed by atoms with Crippen LogP contribution in [0.4, 0.5) is 11.4 Å². The van der Waals surface area contributed by atoms with Gasteiger partial charge < -0.3 is 15.5 Å². The van der Waals surface area contributed by atoms with Crippen molar-refractivity contribution >= 4 is 29.3 Å². The van der Waals surface area contributed by atoms with E-state index in [1.54, 1.807) is 6.92 Å². The zero-order valence-electron chi connectivity index (χ0n) is 14.0. The van der Waals surface area contributed by atoms with Gasteiger partial charge in [0, 0.05) is 29.6 Å². The van der Waals surface area contributed by atoms with Crippen LogP contribution in [-0.2, 0) is 9.53 Å². The summed E-state index contributed by atoms with van der Waals surface area (Å²) in [6, 6.07) is 15.1. The van der Waals surface area contributed by atoms with E-state index in [9.17, 15) is 4.79 Å². The Morgan fingerprint density at radius 3 is 2.88 bits per heavy atom. The minimum Gasteiger partial charge on any atom is -0.464 e. The number of carbonyl (C=O) groups is 1. The molecule has 0 saturated carbocycles. The molecule has 0 saturated heterocycles. The number of rotatable bonds is 6. The van der Waals surface area contributed by atoms with E-state index in [2.05, 4.69) is 15.8 Å². The van der Waals surface area contributed by atoms with Gasteiger partial charge in [0.2, 0.25) is 0 Å². The normalized spacial score (nSPS) is 15.9. The van der Waals surface area contributed by atoms with Crippen LogP contribution in [0.15, 0.2) is 53.6 Å². The molecule has 0 aromatic heterocycles. The molecule has 2 aromatic rings. The molecule has 0 bridgehead atoms. The van der Waals surface area contributed by atoms with Crippen molar-refractivity contribution < 1.29 is 9.53 Å². The topological polar surface area (TPSA) is 86.6 Å². The highest BCUT2D eigenvalue weighted by atomic mass is 16.5. The van der Waals surface area contributed by atoms with Crippen molar-refractivity contribution in [3.63, 3.8) is 0 Å². The maximum atomic E-state index is 11.8. The molecule has 25 heavy (non-hydrogen) atoms. The number of nitrogens with zero attached hydrogens (tertiary/aromatic N) is 1. The maximum absolute atomic E-state index is 11.8. The second kappa shape index (κ2) is 7.61. The molecule has 0 amide bonds. The van der Waals surface area contributed by atoms with Gasteiger partial charge in [-0.3, -0.25) is 5.43 Å². The molecule has 1 aliphatic heterocycles. The minimum absolute atomic E-state index is 0.295. The number of hydrazone groups is 1. The van der Waals surface area contributed by atoms with E-state index in [1.807, 2.05) is 48.5 Å². The number of ether oxygens (including phenoxy) is 1. The van der Waals surface area contributed by atoms with E-state index >= 15 is 0 Å². The van der Waals surface area contributed by atoms with E-state index in [1.165, 1.54) is 6.21 Å². The molecular weight excluding hydrogens is 316 g/mol. The Labute approximate surface area is 146 Å². The second-order valence-electron chi connectivity index (χ2n) is 5.63. The number of carbonyl (C=O) groups excluding carboxylic acids is 1. The minimum atomic E-state index is -0.444. The lowest BCUT2D eigenvalue weighted by Crippen LogP contribution is -2.31. The molecule has 1 unspecified atom stereocenters. The summed E-state index contributed by atoms with van der Waals surface area (Å²) < 4.78 is 5.02. The summed E-state index contributed by atoms with van der Waals surface area (Å²) in [4.78, 5) is 11.8. The van der Waals surface area contributed by atoms with Crippen molar-refractivity contribution in [2.75, 3.05) is 11.9 Å². The van der Waals surface area contributed by atoms with E-state index < -0.39 is 6.04 Å². The van der Waals surface area contributed by atoms with Crippen LogP contribution in [0.2, 0.25) is 0 Å². The third-order valence-corrected chi connectivity index (χ3v) is 3.92. The Morgan fingerprint density at radius 2 is 2.16 bits per heavy atom. The number of benzene rings is 2. The highest BCUT2D eigenvalue weighted by Crippen LogP contribution is 2.23. The molecule has 1 heterocycles. The van der Waals surface area contributed by atoms with Gasteiger partial charge in [-0.2, -0.15) is 5.10 Å². The SMILES string of the molecule is CCOC(=O)C1CC(c2ccc(Nc3ccccc3)c(C=N)c2)=NN1. The molecule has 2 aromatic carbocycles. The van der Waals surface area contributed by atoms with Gasteiger partial charge in [-0.1, -0.05) is 24.3 Å². The summed E-state index contributed by atoms with van der Waals surface area (Å²) in [5.41, 5.74) is 7.05. The number of anilines is 2. The molecule has 128 valence electrons. The fourth-order valence-electron chi connectivity index (χ4n) is 2.65. The van der Waals surface area contributed by atoms with Crippen molar-refractivity contribution in [3.8, 4) is 0 Å². The number of esters is 1. The first-order valence-corrected chi connectivity index (χ1v) is 8.17. The van der Waals surface area contributed by atoms with Gasteiger partial charge in [-0.15, -0.1) is 0 Å². The largest absolute Gasteiger partial charge is 0.464 e. The Bertz CT molecular complexity index is 802. The Hall–Kier alpha value is -3.15. The van der Waals surface area contributed by atoms with E-state index in [4.69, 9.17) is 10.1 Å². The van der Waals surface area contributed by atoms with E-state index in [0.717, 1.165) is 28.2 Å². The van der Waals surface area contributed by atoms with Crippen molar-refractivity contribution in [1.29, 1.82) is 5.41 Å². The standard InChI is InChI=1S/C19H20N4O2/c1-2-25-19(24)18-11-17(22-23-18)13-8-9-16(14(10-13)12-20)21-15-6-4-3-5-7-15/h3-10,12,18,20-21,23H,2,11H2,1H3. The summed E-state index contributed by atoms with van der Waals surface area (Å²) in [6.07, 6.45) is 1.78. The molecule has 0 radical (unpaired) electrons. The average molecular weight is 336 g/mol. The van der Waals surface area contributed by atoms with Gasteiger partial charge in [0.05, 0.1) is 12.3 Å². The van der Waals surface area contributed by atoms with Crippen molar-refractivity contribution in [2.24, 2.45) is 5.10 Å². The van der Waals surface area contributed by atoms with Crippen molar-refractivity contribution in [2.45, 2.75) is 19.4 Å². The number of nitrogens with one attached hydrogen (secondary N) is 3. The zero-order chi connectivity index (χ0) is 17.6. The molecule has 6 nitrogen and oxygen atoms in total. The molecule has 1 aliphatic rings. The van der Waals surface area contributed by atoms with Gasteiger partial charge >= 0.3 is 5.97 Å².